The lowest BCUT2D eigenvalue weighted by molar-refractivity contribution is -0.144. The fourth-order valence-corrected chi connectivity index (χ4v) is 5.88. The molecule has 0 aliphatic heterocycles. The van der Waals surface area contributed by atoms with Crippen LogP contribution in [0.15, 0.2) is 49.9 Å². The van der Waals surface area contributed by atoms with Gasteiger partial charge in [-0.3, -0.25) is 4.79 Å². The lowest BCUT2D eigenvalue weighted by atomic mass is 10.0. The Kier molecular flexibility index (Phi) is 7.82. The third kappa shape index (κ3) is 4.99. The average molecular weight is 617 g/mol. The van der Waals surface area contributed by atoms with Crippen LogP contribution in [0.2, 0.25) is 0 Å². The number of nitrogens with one attached hydrogen (secondary N) is 1. The van der Waals surface area contributed by atoms with Gasteiger partial charge in [-0.05, 0) is 65.0 Å². The van der Waals surface area contributed by atoms with E-state index < -0.39 is 12.0 Å². The second-order valence-corrected chi connectivity index (χ2v) is 9.32. The second-order valence-electron chi connectivity index (χ2n) is 6.92. The number of carbonyl (C=O) groups excluding carboxylic acids is 2. The molecule has 164 valence electrons. The standard InChI is InChI=1S/C22H21Br3N2O4/c1-12(28)26-16(22(29)31-3)9-14-18-17(10-15(23)20(30-2)19(18)24)27(21(14)25)11-13-7-5-4-6-8-13/h4-8,10,16H,9,11H2,1-3H3,(H,26,28)/t16-/m0/s1. The highest BCUT2D eigenvalue weighted by Crippen LogP contribution is 2.44. The van der Waals surface area contributed by atoms with Gasteiger partial charge >= 0.3 is 5.97 Å². The van der Waals surface area contributed by atoms with Crippen molar-refractivity contribution >= 4 is 70.6 Å². The molecule has 0 aliphatic rings. The first-order chi connectivity index (χ1) is 14.8. The summed E-state index contributed by atoms with van der Waals surface area (Å²) in [7, 11) is 2.90. The van der Waals surface area contributed by atoms with E-state index in [-0.39, 0.29) is 12.3 Å². The Morgan fingerprint density at radius 2 is 1.81 bits per heavy atom. The van der Waals surface area contributed by atoms with Gasteiger partial charge in [0.15, 0.2) is 0 Å². The van der Waals surface area contributed by atoms with Crippen molar-refractivity contribution in [1.29, 1.82) is 0 Å². The highest BCUT2D eigenvalue weighted by atomic mass is 79.9. The van der Waals surface area contributed by atoms with Crippen LogP contribution in [0.5, 0.6) is 5.75 Å². The molecule has 0 unspecified atom stereocenters. The first-order valence-electron chi connectivity index (χ1n) is 9.39. The quantitative estimate of drug-likeness (QED) is 0.370. The van der Waals surface area contributed by atoms with Crippen molar-refractivity contribution in [2.45, 2.75) is 25.9 Å². The van der Waals surface area contributed by atoms with E-state index in [0.717, 1.165) is 35.6 Å². The molecule has 2 aromatic carbocycles. The molecule has 3 aromatic rings. The smallest absolute Gasteiger partial charge is 0.328 e. The first kappa shape index (κ1) is 23.8. The Hall–Kier alpha value is -1.84. The van der Waals surface area contributed by atoms with Crippen LogP contribution in [0.4, 0.5) is 0 Å². The fourth-order valence-electron chi connectivity index (χ4n) is 3.54. The van der Waals surface area contributed by atoms with E-state index in [4.69, 9.17) is 9.47 Å². The van der Waals surface area contributed by atoms with Gasteiger partial charge in [0, 0.05) is 25.3 Å². The molecule has 31 heavy (non-hydrogen) atoms. The Balaban J connectivity index is 2.22. The van der Waals surface area contributed by atoms with E-state index in [1.807, 2.05) is 24.3 Å². The maximum absolute atomic E-state index is 12.4. The molecule has 1 N–H and O–H groups in total. The van der Waals surface area contributed by atoms with E-state index in [9.17, 15) is 9.59 Å². The van der Waals surface area contributed by atoms with Crippen molar-refractivity contribution in [2.24, 2.45) is 0 Å². The normalized spacial score (nSPS) is 11.9. The maximum atomic E-state index is 12.4. The Bertz CT molecular complexity index is 1130. The zero-order chi connectivity index (χ0) is 22.7. The molecule has 6 nitrogen and oxygen atoms in total. The number of halogens is 3. The molecule has 0 saturated heterocycles. The number of benzene rings is 2. The minimum atomic E-state index is -0.823. The number of fused-ring (bicyclic) bond motifs is 1. The number of carbonyl (C=O) groups is 2. The van der Waals surface area contributed by atoms with Gasteiger partial charge in [0.05, 0.1) is 33.3 Å². The number of methoxy groups -OCH3 is 2. The van der Waals surface area contributed by atoms with Gasteiger partial charge < -0.3 is 19.4 Å². The molecule has 0 spiro atoms. The highest BCUT2D eigenvalue weighted by Gasteiger charge is 2.28. The molecule has 0 saturated carbocycles. The summed E-state index contributed by atoms with van der Waals surface area (Å²) >= 11 is 11.0. The first-order valence-corrected chi connectivity index (χ1v) is 11.8. The van der Waals surface area contributed by atoms with Crippen molar-refractivity contribution in [1.82, 2.24) is 9.88 Å². The predicted octanol–water partition coefficient (Wildman–Crippen LogP) is 5.21. The van der Waals surface area contributed by atoms with Gasteiger partial charge in [-0.25, -0.2) is 4.79 Å². The number of amides is 1. The Morgan fingerprint density at radius 3 is 2.39 bits per heavy atom. The number of aromatic nitrogens is 1. The van der Waals surface area contributed by atoms with Gasteiger partial charge in [0.1, 0.15) is 11.8 Å². The maximum Gasteiger partial charge on any atom is 0.328 e. The summed E-state index contributed by atoms with van der Waals surface area (Å²) in [6.45, 7) is 1.99. The van der Waals surface area contributed by atoms with Crippen molar-refractivity contribution in [3.8, 4) is 5.75 Å². The molecule has 1 aromatic heterocycles. The molecule has 1 amide bonds. The summed E-state index contributed by atoms with van der Waals surface area (Å²) in [6.07, 6.45) is 0.245. The highest BCUT2D eigenvalue weighted by molar-refractivity contribution is 9.11. The predicted molar refractivity (Wildman–Crippen MR) is 130 cm³/mol. The Labute approximate surface area is 205 Å². The number of ether oxygens (including phenoxy) is 2. The van der Waals surface area contributed by atoms with Gasteiger partial charge in [0.25, 0.3) is 0 Å². The second kappa shape index (κ2) is 10.2. The summed E-state index contributed by atoms with van der Waals surface area (Å²) in [4.78, 5) is 24.1. The summed E-state index contributed by atoms with van der Waals surface area (Å²) in [6, 6.07) is 11.2. The number of hydrogen-bond acceptors (Lipinski definition) is 4. The van der Waals surface area contributed by atoms with E-state index in [0.29, 0.717) is 12.3 Å². The molecular formula is C22H21Br3N2O4. The summed E-state index contributed by atoms with van der Waals surface area (Å²) < 4.78 is 15.0. The minimum Gasteiger partial charge on any atom is -0.494 e. The number of esters is 1. The lowest BCUT2D eigenvalue weighted by Crippen LogP contribution is -2.42. The Morgan fingerprint density at radius 1 is 1.13 bits per heavy atom. The van der Waals surface area contributed by atoms with Gasteiger partial charge in [-0.1, -0.05) is 30.3 Å². The van der Waals surface area contributed by atoms with E-state index in [2.05, 4.69) is 69.8 Å². The van der Waals surface area contributed by atoms with Crippen LogP contribution in [0.3, 0.4) is 0 Å². The summed E-state index contributed by atoms with van der Waals surface area (Å²) in [5, 5.41) is 3.58. The number of nitrogens with zero attached hydrogens (tertiary/aromatic N) is 1. The van der Waals surface area contributed by atoms with Gasteiger partial charge in [0.2, 0.25) is 5.91 Å². The molecule has 0 aliphatic carbocycles. The third-order valence-corrected chi connectivity index (χ3v) is 7.15. The zero-order valence-corrected chi connectivity index (χ0v) is 21.9. The van der Waals surface area contributed by atoms with Crippen molar-refractivity contribution < 1.29 is 19.1 Å². The molecule has 0 radical (unpaired) electrons. The SMILES string of the molecule is COC(=O)[C@H](Cc1c(Br)n(Cc2ccccc2)c2cc(Br)c(OC)c(Br)c12)NC(C)=O. The van der Waals surface area contributed by atoms with Crippen LogP contribution >= 0.6 is 47.8 Å². The van der Waals surface area contributed by atoms with E-state index >= 15 is 0 Å². The zero-order valence-electron chi connectivity index (χ0n) is 17.2. The molecule has 0 fully saturated rings. The van der Waals surface area contributed by atoms with Crippen LogP contribution in [0, 0.1) is 0 Å². The molecular weight excluding hydrogens is 596 g/mol. The van der Waals surface area contributed by atoms with Crippen LogP contribution < -0.4 is 10.1 Å². The monoisotopic (exact) mass is 614 g/mol. The van der Waals surface area contributed by atoms with Crippen LogP contribution in [-0.2, 0) is 27.3 Å². The van der Waals surface area contributed by atoms with Crippen molar-refractivity contribution in [3.05, 3.63) is 61.1 Å². The molecule has 1 heterocycles. The van der Waals surface area contributed by atoms with E-state index in [1.165, 1.54) is 14.0 Å². The largest absolute Gasteiger partial charge is 0.494 e. The van der Waals surface area contributed by atoms with Crippen molar-refractivity contribution in [2.75, 3.05) is 14.2 Å². The van der Waals surface area contributed by atoms with Crippen LogP contribution in [0.1, 0.15) is 18.1 Å². The van der Waals surface area contributed by atoms with Crippen molar-refractivity contribution in [3.63, 3.8) is 0 Å². The topological polar surface area (TPSA) is 69.6 Å². The third-order valence-electron chi connectivity index (χ3n) is 4.89. The summed E-state index contributed by atoms with van der Waals surface area (Å²) in [5.41, 5.74) is 2.92. The van der Waals surface area contributed by atoms with E-state index in [1.54, 1.807) is 7.11 Å². The molecule has 1 atom stereocenters. The molecule has 3 rings (SSSR count). The van der Waals surface area contributed by atoms with Gasteiger partial charge in [-0.15, -0.1) is 0 Å². The fraction of sp³-hybridized carbons (Fsp3) is 0.273. The number of hydrogen-bond donors (Lipinski definition) is 1. The molecule has 9 heteroatoms. The molecule has 0 bridgehead atoms. The summed E-state index contributed by atoms with van der Waals surface area (Å²) in [5.74, 6) is -0.169. The average Bonchev–Trinajstić information content (AvgIpc) is 2.99. The lowest BCUT2D eigenvalue weighted by Gasteiger charge is -2.16. The van der Waals surface area contributed by atoms with Gasteiger partial charge in [-0.2, -0.15) is 0 Å². The number of rotatable bonds is 7. The van der Waals surface area contributed by atoms with Crippen LogP contribution in [0.25, 0.3) is 10.9 Å². The van der Waals surface area contributed by atoms with Crippen LogP contribution in [-0.4, -0.2) is 36.7 Å². The minimum absolute atomic E-state index is 0.245.